The van der Waals surface area contributed by atoms with Crippen LogP contribution >= 0.6 is 0 Å². The van der Waals surface area contributed by atoms with Gasteiger partial charge >= 0.3 is 0 Å². The maximum Gasteiger partial charge on any atom is 0.227 e. The van der Waals surface area contributed by atoms with E-state index in [1.165, 1.54) is 0 Å². The number of benzene rings is 2. The van der Waals surface area contributed by atoms with Gasteiger partial charge in [0.2, 0.25) is 11.8 Å². The molecule has 0 saturated carbocycles. The smallest absolute Gasteiger partial charge is 0.227 e. The fraction of sp³-hybridized carbons (Fsp3) is 0.481. The van der Waals surface area contributed by atoms with E-state index in [-0.39, 0.29) is 17.7 Å². The lowest BCUT2D eigenvalue weighted by Gasteiger charge is -2.31. The summed E-state index contributed by atoms with van der Waals surface area (Å²) in [5, 5.41) is 3.00. The normalized spacial score (nSPS) is 14.1. The summed E-state index contributed by atoms with van der Waals surface area (Å²) in [6.45, 7) is 9.41. The summed E-state index contributed by atoms with van der Waals surface area (Å²) in [4.78, 5) is 29.3. The summed E-state index contributed by atoms with van der Waals surface area (Å²) in [5.74, 6) is 1.56. The number of amides is 2. The number of likely N-dealkylation sites (tertiary alicyclic amines) is 1. The second-order valence-corrected chi connectivity index (χ2v) is 8.46. The molecule has 0 spiro atoms. The first-order valence-corrected chi connectivity index (χ1v) is 12.3. The van der Waals surface area contributed by atoms with E-state index in [0.29, 0.717) is 45.6 Å². The van der Waals surface area contributed by atoms with Crippen molar-refractivity contribution in [3.05, 3.63) is 54.6 Å². The lowest BCUT2D eigenvalue weighted by Crippen LogP contribution is -2.41. The number of rotatable bonds is 12. The first-order chi connectivity index (χ1) is 16.6. The van der Waals surface area contributed by atoms with Gasteiger partial charge in [-0.25, -0.2) is 0 Å². The van der Waals surface area contributed by atoms with Crippen LogP contribution in [0.5, 0.6) is 11.5 Å². The molecule has 1 aliphatic heterocycles. The number of hydrogen-bond donors (Lipinski definition) is 1. The van der Waals surface area contributed by atoms with Gasteiger partial charge in [0.05, 0.1) is 13.0 Å². The maximum atomic E-state index is 12.7. The Labute approximate surface area is 203 Å². The summed E-state index contributed by atoms with van der Waals surface area (Å²) in [6.07, 6.45) is 1.68. The third kappa shape index (κ3) is 8.06. The van der Waals surface area contributed by atoms with Crippen LogP contribution in [0.25, 0.3) is 0 Å². The molecule has 0 aromatic heterocycles. The predicted molar refractivity (Wildman–Crippen MR) is 134 cm³/mol. The number of carbonyl (C=O) groups excluding carboxylic acids is 2. The van der Waals surface area contributed by atoms with E-state index in [1.807, 2.05) is 59.5 Å². The Morgan fingerprint density at radius 3 is 2.18 bits per heavy atom. The van der Waals surface area contributed by atoms with Crippen LogP contribution in [0.3, 0.4) is 0 Å². The number of hydrogen-bond acceptors (Lipinski definition) is 5. The molecule has 0 unspecified atom stereocenters. The van der Waals surface area contributed by atoms with Gasteiger partial charge in [-0.1, -0.05) is 32.0 Å². The molecule has 1 heterocycles. The Morgan fingerprint density at radius 1 is 0.912 bits per heavy atom. The minimum absolute atomic E-state index is 0.00899. The summed E-state index contributed by atoms with van der Waals surface area (Å²) in [5.41, 5.74) is 0.762. The van der Waals surface area contributed by atoms with Gasteiger partial charge in [-0.15, -0.1) is 0 Å². The van der Waals surface area contributed by atoms with E-state index < -0.39 is 0 Å². The fourth-order valence-corrected chi connectivity index (χ4v) is 4.03. The van der Waals surface area contributed by atoms with Crippen molar-refractivity contribution < 1.29 is 19.1 Å². The minimum atomic E-state index is -0.0883. The van der Waals surface area contributed by atoms with E-state index >= 15 is 0 Å². The molecule has 2 amide bonds. The van der Waals surface area contributed by atoms with Gasteiger partial charge in [-0.3, -0.25) is 9.59 Å². The average molecular weight is 468 g/mol. The number of likely N-dealkylation sites (N-methyl/N-ethyl adjacent to an activating group) is 1. The maximum absolute atomic E-state index is 12.7. The highest BCUT2D eigenvalue weighted by atomic mass is 16.5. The molecule has 34 heavy (non-hydrogen) atoms. The number of piperidine rings is 1. The molecule has 1 fully saturated rings. The second-order valence-electron chi connectivity index (χ2n) is 8.46. The van der Waals surface area contributed by atoms with Crippen molar-refractivity contribution in [3.63, 3.8) is 0 Å². The zero-order valence-corrected chi connectivity index (χ0v) is 20.4. The van der Waals surface area contributed by atoms with E-state index in [9.17, 15) is 9.59 Å². The topological polar surface area (TPSA) is 71.1 Å². The molecule has 184 valence electrons. The number of para-hydroxylation sites is 1. The Bertz CT molecular complexity index is 877. The van der Waals surface area contributed by atoms with Crippen molar-refractivity contribution in [1.29, 1.82) is 0 Å². The molecule has 0 radical (unpaired) electrons. The van der Waals surface area contributed by atoms with Gasteiger partial charge in [0.15, 0.2) is 0 Å². The van der Waals surface area contributed by atoms with Gasteiger partial charge in [-0.2, -0.15) is 0 Å². The van der Waals surface area contributed by atoms with Crippen LogP contribution in [-0.4, -0.2) is 67.6 Å². The van der Waals surface area contributed by atoms with Gasteiger partial charge in [0.1, 0.15) is 18.1 Å². The van der Waals surface area contributed by atoms with Crippen LogP contribution in [0.4, 0.5) is 5.69 Å². The molecule has 0 aliphatic carbocycles. The van der Waals surface area contributed by atoms with E-state index in [4.69, 9.17) is 9.47 Å². The highest BCUT2D eigenvalue weighted by Gasteiger charge is 2.27. The summed E-state index contributed by atoms with van der Waals surface area (Å²) in [6, 6.07) is 17.0. The van der Waals surface area contributed by atoms with Crippen molar-refractivity contribution >= 4 is 17.5 Å². The fourth-order valence-electron chi connectivity index (χ4n) is 4.03. The van der Waals surface area contributed by atoms with Crippen LogP contribution in [0.2, 0.25) is 0 Å². The Balaban J connectivity index is 1.35. The predicted octanol–water partition coefficient (Wildman–Crippen LogP) is 4.05. The number of nitrogens with one attached hydrogen (secondary N) is 1. The van der Waals surface area contributed by atoms with E-state index in [2.05, 4.69) is 24.1 Å². The molecule has 0 bridgehead atoms. The number of nitrogens with zero attached hydrogens (tertiary/aromatic N) is 2. The lowest BCUT2D eigenvalue weighted by molar-refractivity contribution is -0.135. The third-order valence-corrected chi connectivity index (χ3v) is 6.24. The molecular formula is C27H37N3O4. The number of carbonyl (C=O) groups is 2. The quantitative estimate of drug-likeness (QED) is 0.510. The lowest BCUT2D eigenvalue weighted by atomic mass is 9.95. The van der Waals surface area contributed by atoms with Gasteiger partial charge in [0, 0.05) is 31.2 Å². The monoisotopic (exact) mass is 467 g/mol. The second kappa shape index (κ2) is 13.6. The Kier molecular flexibility index (Phi) is 10.2. The zero-order valence-electron chi connectivity index (χ0n) is 20.4. The highest BCUT2D eigenvalue weighted by molar-refractivity contribution is 5.92. The summed E-state index contributed by atoms with van der Waals surface area (Å²) >= 11 is 0. The SMILES string of the molecule is CCN(CC)CCOc1ccc(NC(=O)C2CCN(C(=O)CCOc3ccccc3)CC2)cc1. The van der Waals surface area contributed by atoms with E-state index in [1.54, 1.807) is 0 Å². The van der Waals surface area contributed by atoms with Crippen molar-refractivity contribution in [2.45, 2.75) is 33.1 Å². The van der Waals surface area contributed by atoms with Crippen molar-refractivity contribution in [2.24, 2.45) is 5.92 Å². The Morgan fingerprint density at radius 2 is 1.53 bits per heavy atom. The molecule has 1 N–H and O–H groups in total. The number of anilines is 1. The van der Waals surface area contributed by atoms with Gasteiger partial charge in [0.25, 0.3) is 0 Å². The van der Waals surface area contributed by atoms with Crippen LogP contribution in [0.1, 0.15) is 33.1 Å². The largest absolute Gasteiger partial charge is 0.493 e. The highest BCUT2D eigenvalue weighted by Crippen LogP contribution is 2.22. The molecule has 7 nitrogen and oxygen atoms in total. The molecule has 2 aromatic rings. The van der Waals surface area contributed by atoms with E-state index in [0.717, 1.165) is 36.8 Å². The first kappa shape index (κ1) is 25.6. The molecule has 1 saturated heterocycles. The van der Waals surface area contributed by atoms with Crippen molar-refractivity contribution in [2.75, 3.05) is 51.3 Å². The molecule has 0 atom stereocenters. The van der Waals surface area contributed by atoms with Crippen molar-refractivity contribution in [3.8, 4) is 11.5 Å². The first-order valence-electron chi connectivity index (χ1n) is 12.3. The van der Waals surface area contributed by atoms with Gasteiger partial charge < -0.3 is 24.6 Å². The molecule has 1 aliphatic rings. The van der Waals surface area contributed by atoms with Gasteiger partial charge in [-0.05, 0) is 62.3 Å². The standard InChI is InChI=1S/C27H37N3O4/c1-3-29(4-2)19-21-34-25-12-10-23(11-13-25)28-27(32)22-14-17-30(18-15-22)26(31)16-20-33-24-8-6-5-7-9-24/h5-13,22H,3-4,14-21H2,1-2H3,(H,28,32). The third-order valence-electron chi connectivity index (χ3n) is 6.24. The van der Waals surface area contributed by atoms with Crippen molar-refractivity contribution in [1.82, 2.24) is 9.80 Å². The van der Waals surface area contributed by atoms with Crippen LogP contribution in [0.15, 0.2) is 54.6 Å². The average Bonchev–Trinajstić information content (AvgIpc) is 2.88. The molecule has 2 aromatic carbocycles. The summed E-state index contributed by atoms with van der Waals surface area (Å²) in [7, 11) is 0. The molecular weight excluding hydrogens is 430 g/mol. The summed E-state index contributed by atoms with van der Waals surface area (Å²) < 4.78 is 11.4. The van der Waals surface area contributed by atoms with Crippen LogP contribution in [0, 0.1) is 5.92 Å². The Hall–Kier alpha value is -3.06. The minimum Gasteiger partial charge on any atom is -0.493 e. The molecule has 3 rings (SSSR count). The molecule has 7 heteroatoms. The zero-order chi connectivity index (χ0) is 24.2. The van der Waals surface area contributed by atoms with Crippen LogP contribution < -0.4 is 14.8 Å². The number of ether oxygens (including phenoxy) is 2. The van der Waals surface area contributed by atoms with Crippen LogP contribution in [-0.2, 0) is 9.59 Å².